The zero-order chi connectivity index (χ0) is 23.0. The number of nitrogens with one attached hydrogen (secondary N) is 1. The van der Waals surface area contributed by atoms with E-state index in [1.807, 2.05) is 0 Å². The first kappa shape index (κ1) is 21.8. The van der Waals surface area contributed by atoms with Crippen molar-refractivity contribution < 1.29 is 18.0 Å². The largest absolute Gasteiger partial charge is 0.292 e. The molecular weight excluding hydrogens is 452 g/mol. The van der Waals surface area contributed by atoms with Crippen molar-refractivity contribution in [2.75, 3.05) is 4.72 Å². The van der Waals surface area contributed by atoms with Gasteiger partial charge in [-0.05, 0) is 44.2 Å². The first-order chi connectivity index (χ1) is 15.2. The predicted octanol–water partition coefficient (Wildman–Crippen LogP) is 3.65. The number of carbonyl (C=O) groups excluding carboxylic acids is 2. The Morgan fingerprint density at radius 1 is 0.938 bits per heavy atom. The molecule has 0 amide bonds. The Balaban J connectivity index is 1.62. The van der Waals surface area contributed by atoms with Crippen molar-refractivity contribution in [1.29, 1.82) is 0 Å². The van der Waals surface area contributed by atoms with Crippen LogP contribution in [0.4, 0.5) is 11.6 Å². The molecule has 0 saturated heterocycles. The molecule has 0 bridgehead atoms. The Kier molecular flexibility index (Phi) is 5.62. The highest BCUT2D eigenvalue weighted by Gasteiger charge is 2.37. The van der Waals surface area contributed by atoms with Gasteiger partial charge in [0.1, 0.15) is 11.1 Å². The van der Waals surface area contributed by atoms with Crippen LogP contribution in [0.5, 0.6) is 0 Å². The first-order valence-corrected chi connectivity index (χ1v) is 11.4. The summed E-state index contributed by atoms with van der Waals surface area (Å²) in [5, 5.41) is -1.22. The molecule has 1 aromatic heterocycles. The standard InChI is InChI=1S/C22H17ClN4O4S/c1-12-11-13(2)25-22(24-12)27-32(30,31)15-9-7-14(8-10-15)26-19-18(23)20(28)16-5-3-4-6-17(16)21(19)29/h3-11,18H,1-2H3,(H,24,25,27). The number of Topliss-reactive ketones (excluding diaryl/α,β-unsaturated/α-hetero) is 2. The van der Waals surface area contributed by atoms with Crippen molar-refractivity contribution in [3.8, 4) is 0 Å². The van der Waals surface area contributed by atoms with Crippen LogP contribution in [0.3, 0.4) is 0 Å². The molecule has 10 heteroatoms. The van der Waals surface area contributed by atoms with E-state index in [0.29, 0.717) is 11.4 Å². The zero-order valence-corrected chi connectivity index (χ0v) is 18.6. The molecule has 0 aliphatic heterocycles. The average molecular weight is 469 g/mol. The van der Waals surface area contributed by atoms with Crippen LogP contribution in [0.1, 0.15) is 32.1 Å². The van der Waals surface area contributed by atoms with Crippen molar-refractivity contribution in [3.05, 3.63) is 77.1 Å². The number of sulfonamides is 1. The number of aromatic nitrogens is 2. The lowest BCUT2D eigenvalue weighted by Crippen LogP contribution is -2.37. The Labute approximate surface area is 189 Å². The number of alkyl halides is 1. The molecule has 3 aromatic rings. The second-order valence-electron chi connectivity index (χ2n) is 7.17. The van der Waals surface area contributed by atoms with Crippen molar-refractivity contribution in [1.82, 2.24) is 9.97 Å². The Hall–Kier alpha value is -3.43. The summed E-state index contributed by atoms with van der Waals surface area (Å²) < 4.78 is 27.7. The van der Waals surface area contributed by atoms with E-state index in [1.54, 1.807) is 44.2 Å². The number of ketones is 2. The molecule has 2 aromatic carbocycles. The molecule has 4 rings (SSSR count). The topological polar surface area (TPSA) is 118 Å². The molecule has 0 fully saturated rings. The lowest BCUT2D eigenvalue weighted by molar-refractivity contribution is 0.0968. The summed E-state index contributed by atoms with van der Waals surface area (Å²) in [5.41, 5.74) is 1.94. The zero-order valence-electron chi connectivity index (χ0n) is 17.0. The van der Waals surface area contributed by atoms with Crippen LogP contribution in [0.15, 0.2) is 64.5 Å². The Morgan fingerprint density at radius 3 is 2.16 bits per heavy atom. The number of fused-ring (bicyclic) bond motifs is 1. The normalized spacial score (nSPS) is 17.3. The van der Waals surface area contributed by atoms with Crippen molar-refractivity contribution >= 4 is 50.5 Å². The highest BCUT2D eigenvalue weighted by molar-refractivity contribution is 7.92. The average Bonchev–Trinajstić information content (AvgIpc) is 2.74. The van der Waals surface area contributed by atoms with Crippen LogP contribution >= 0.6 is 11.6 Å². The molecule has 0 radical (unpaired) electrons. The molecule has 1 atom stereocenters. The summed E-state index contributed by atoms with van der Waals surface area (Å²) in [6.45, 7) is 3.47. The van der Waals surface area contributed by atoms with E-state index in [2.05, 4.69) is 19.7 Å². The van der Waals surface area contributed by atoms with E-state index >= 15 is 0 Å². The predicted molar refractivity (Wildman–Crippen MR) is 121 cm³/mol. The summed E-state index contributed by atoms with van der Waals surface area (Å²) in [6.07, 6.45) is 0. The van der Waals surface area contributed by atoms with E-state index in [9.17, 15) is 18.0 Å². The molecule has 0 saturated carbocycles. The van der Waals surface area contributed by atoms with Crippen molar-refractivity contribution in [2.24, 2.45) is 4.99 Å². The molecule has 8 nitrogen and oxygen atoms in total. The van der Waals surface area contributed by atoms with Gasteiger partial charge in [-0.1, -0.05) is 24.3 Å². The van der Waals surface area contributed by atoms with Gasteiger partial charge >= 0.3 is 0 Å². The minimum atomic E-state index is -3.94. The van der Waals surface area contributed by atoms with Gasteiger partial charge in [-0.25, -0.2) is 28.1 Å². The smallest absolute Gasteiger partial charge is 0.264 e. The third-order valence-electron chi connectivity index (χ3n) is 4.74. The maximum atomic E-state index is 12.8. The molecule has 1 heterocycles. The summed E-state index contributed by atoms with van der Waals surface area (Å²) in [4.78, 5) is 37.6. The number of nitrogens with zero attached hydrogens (tertiary/aromatic N) is 3. The molecule has 0 spiro atoms. The summed E-state index contributed by atoms with van der Waals surface area (Å²) in [5.74, 6) is -0.871. The monoisotopic (exact) mass is 468 g/mol. The molecule has 1 N–H and O–H groups in total. The van der Waals surface area contributed by atoms with Crippen LogP contribution < -0.4 is 4.72 Å². The number of aryl methyl sites for hydroxylation is 2. The summed E-state index contributed by atoms with van der Waals surface area (Å²) >= 11 is 6.20. The van der Waals surface area contributed by atoms with E-state index in [1.165, 1.54) is 24.3 Å². The minimum Gasteiger partial charge on any atom is -0.292 e. The first-order valence-electron chi connectivity index (χ1n) is 9.51. The second-order valence-corrected chi connectivity index (χ2v) is 9.29. The van der Waals surface area contributed by atoms with Crippen LogP contribution in [0.2, 0.25) is 0 Å². The van der Waals surface area contributed by atoms with Crippen LogP contribution in [-0.4, -0.2) is 41.0 Å². The SMILES string of the molecule is Cc1cc(C)nc(NS(=O)(=O)c2ccc(N=C3C(=O)c4ccccc4C(=O)C3Cl)cc2)n1. The summed E-state index contributed by atoms with van der Waals surface area (Å²) in [7, 11) is -3.94. The highest BCUT2D eigenvalue weighted by atomic mass is 35.5. The number of hydrogen-bond acceptors (Lipinski definition) is 7. The highest BCUT2D eigenvalue weighted by Crippen LogP contribution is 2.26. The number of anilines is 1. The maximum absolute atomic E-state index is 12.8. The van der Waals surface area contributed by atoms with Crippen LogP contribution in [0.25, 0.3) is 0 Å². The van der Waals surface area contributed by atoms with E-state index in [-0.39, 0.29) is 33.4 Å². The number of aliphatic imine (C=N–C) groups is 1. The number of benzene rings is 2. The summed E-state index contributed by atoms with van der Waals surface area (Å²) in [6, 6.07) is 13.6. The number of hydrogen-bond donors (Lipinski definition) is 1. The van der Waals surface area contributed by atoms with Gasteiger partial charge in [0.25, 0.3) is 10.0 Å². The van der Waals surface area contributed by atoms with Gasteiger partial charge in [0.05, 0.1) is 10.6 Å². The maximum Gasteiger partial charge on any atom is 0.264 e. The van der Waals surface area contributed by atoms with Crippen LogP contribution in [-0.2, 0) is 10.0 Å². The second kappa shape index (κ2) is 8.25. The lowest BCUT2D eigenvalue weighted by Gasteiger charge is -2.19. The molecular formula is C22H17ClN4O4S. The van der Waals surface area contributed by atoms with Gasteiger partial charge in [0, 0.05) is 22.5 Å². The van der Waals surface area contributed by atoms with Gasteiger partial charge in [-0.3, -0.25) is 9.59 Å². The fraction of sp³-hybridized carbons (Fsp3) is 0.136. The van der Waals surface area contributed by atoms with E-state index in [4.69, 9.17) is 11.6 Å². The minimum absolute atomic E-state index is 0.0261. The van der Waals surface area contributed by atoms with Gasteiger partial charge in [-0.15, -0.1) is 11.6 Å². The lowest BCUT2D eigenvalue weighted by atomic mass is 9.88. The fourth-order valence-corrected chi connectivity index (χ4v) is 4.52. The van der Waals surface area contributed by atoms with Gasteiger partial charge in [-0.2, -0.15) is 0 Å². The molecule has 1 unspecified atom stereocenters. The van der Waals surface area contributed by atoms with Gasteiger partial charge < -0.3 is 0 Å². The Morgan fingerprint density at radius 2 is 1.53 bits per heavy atom. The Bertz CT molecular complexity index is 1370. The third-order valence-corrected chi connectivity index (χ3v) is 6.49. The van der Waals surface area contributed by atoms with Gasteiger partial charge in [0.15, 0.2) is 5.78 Å². The molecule has 1 aliphatic rings. The quantitative estimate of drug-likeness (QED) is 0.584. The van der Waals surface area contributed by atoms with Crippen molar-refractivity contribution in [3.63, 3.8) is 0 Å². The fourth-order valence-electron chi connectivity index (χ4n) is 3.31. The van der Waals surface area contributed by atoms with Crippen LogP contribution in [0, 0.1) is 13.8 Å². The molecule has 162 valence electrons. The van der Waals surface area contributed by atoms with Gasteiger partial charge in [0.2, 0.25) is 11.7 Å². The van der Waals surface area contributed by atoms with Crippen molar-refractivity contribution in [2.45, 2.75) is 24.1 Å². The third kappa shape index (κ3) is 4.17. The molecule has 32 heavy (non-hydrogen) atoms. The van der Waals surface area contributed by atoms with E-state index < -0.39 is 27.0 Å². The number of rotatable bonds is 4. The number of carbonyl (C=O) groups is 2. The molecule has 1 aliphatic carbocycles. The van der Waals surface area contributed by atoms with E-state index in [0.717, 1.165) is 0 Å². The number of halogens is 1.